The first kappa shape index (κ1) is 17.0. The molecule has 1 atom stereocenters. The molecule has 0 spiro atoms. The zero-order chi connectivity index (χ0) is 15.1. The predicted molar refractivity (Wildman–Crippen MR) is 83.2 cm³/mol. The van der Waals surface area contributed by atoms with Crippen molar-refractivity contribution >= 4 is 39.3 Å². The van der Waals surface area contributed by atoms with Crippen LogP contribution < -0.4 is 5.32 Å². The Morgan fingerprint density at radius 3 is 2.70 bits per heavy atom. The number of nitrogens with zero attached hydrogens (tertiary/aromatic N) is 1. The summed E-state index contributed by atoms with van der Waals surface area (Å²) in [4.78, 5) is 25.5. The molecule has 0 aliphatic rings. The van der Waals surface area contributed by atoms with E-state index in [0.29, 0.717) is 13.1 Å². The average Bonchev–Trinajstić information content (AvgIpc) is 2.81. The van der Waals surface area contributed by atoms with Crippen LogP contribution in [-0.2, 0) is 11.2 Å². The number of rotatable bonds is 7. The van der Waals surface area contributed by atoms with Gasteiger partial charge in [-0.25, -0.2) is 4.79 Å². The number of aliphatic carboxylic acids is 1. The minimum atomic E-state index is -0.889. The molecule has 20 heavy (non-hydrogen) atoms. The normalized spacial score (nSPS) is 11.9. The molecule has 0 bridgehead atoms. The lowest BCUT2D eigenvalue weighted by Crippen LogP contribution is -2.43. The number of amides is 2. The Bertz CT molecular complexity index is 464. The first-order valence-corrected chi connectivity index (χ1v) is 8.04. The molecule has 0 aliphatic heterocycles. The summed E-state index contributed by atoms with van der Waals surface area (Å²) in [7, 11) is 0. The molecule has 1 rings (SSSR count). The number of carbonyl (C=O) groups excluding carboxylic acids is 1. The lowest BCUT2D eigenvalue weighted by molar-refractivity contribution is -0.141. The van der Waals surface area contributed by atoms with Crippen LogP contribution in [0, 0.1) is 5.92 Å². The number of thiophene rings is 1. The number of halogens is 1. The van der Waals surface area contributed by atoms with Crippen LogP contribution in [0.2, 0.25) is 0 Å². The van der Waals surface area contributed by atoms with Gasteiger partial charge in [0.05, 0.1) is 9.70 Å². The Kier molecular flexibility index (Phi) is 7.01. The summed E-state index contributed by atoms with van der Waals surface area (Å²) < 4.78 is 1.07. The van der Waals surface area contributed by atoms with Gasteiger partial charge in [0.15, 0.2) is 0 Å². The van der Waals surface area contributed by atoms with Crippen LogP contribution in [0.15, 0.2) is 15.9 Å². The smallest absolute Gasteiger partial charge is 0.317 e. The van der Waals surface area contributed by atoms with Crippen molar-refractivity contribution in [3.63, 3.8) is 0 Å². The maximum absolute atomic E-state index is 11.9. The summed E-state index contributed by atoms with van der Waals surface area (Å²) >= 11 is 5.04. The van der Waals surface area contributed by atoms with Crippen LogP contribution in [0.3, 0.4) is 0 Å². The first-order valence-electron chi connectivity index (χ1n) is 6.43. The molecule has 2 N–H and O–H groups in total. The zero-order valence-corrected chi connectivity index (χ0v) is 14.0. The van der Waals surface area contributed by atoms with Gasteiger partial charge in [-0.3, -0.25) is 4.79 Å². The van der Waals surface area contributed by atoms with Crippen LogP contribution in [0.4, 0.5) is 4.79 Å². The van der Waals surface area contributed by atoms with Crippen LogP contribution in [0.5, 0.6) is 0 Å². The third-order valence-electron chi connectivity index (χ3n) is 2.86. The summed E-state index contributed by atoms with van der Waals surface area (Å²) in [5, 5.41) is 11.7. The standard InChI is InChI=1S/C13H19BrN2O3S/c1-3-16(8-9(2)12(17)18)13(19)15-7-6-10-4-5-11(14)20-10/h4-5,9H,3,6-8H2,1-2H3,(H,15,19)(H,17,18). The molecule has 0 radical (unpaired) electrons. The van der Waals surface area contributed by atoms with Gasteiger partial charge in [0.1, 0.15) is 0 Å². The highest BCUT2D eigenvalue weighted by atomic mass is 79.9. The van der Waals surface area contributed by atoms with E-state index in [1.165, 1.54) is 9.78 Å². The molecule has 112 valence electrons. The number of hydrogen-bond donors (Lipinski definition) is 2. The molecule has 0 aromatic carbocycles. The quantitative estimate of drug-likeness (QED) is 0.783. The highest BCUT2D eigenvalue weighted by Gasteiger charge is 2.18. The molecule has 2 amide bonds. The van der Waals surface area contributed by atoms with Crippen LogP contribution >= 0.6 is 27.3 Å². The molecule has 1 unspecified atom stereocenters. The maximum atomic E-state index is 11.9. The van der Waals surface area contributed by atoms with E-state index < -0.39 is 11.9 Å². The lowest BCUT2D eigenvalue weighted by atomic mass is 10.2. The lowest BCUT2D eigenvalue weighted by Gasteiger charge is -2.23. The summed E-state index contributed by atoms with van der Waals surface area (Å²) in [5.41, 5.74) is 0. The molecular formula is C13H19BrN2O3S. The van der Waals surface area contributed by atoms with Crippen molar-refractivity contribution in [2.24, 2.45) is 5.92 Å². The van der Waals surface area contributed by atoms with Crippen molar-refractivity contribution in [1.29, 1.82) is 0 Å². The second-order valence-electron chi connectivity index (χ2n) is 4.47. The number of carboxylic acids is 1. The largest absolute Gasteiger partial charge is 0.481 e. The van der Waals surface area contributed by atoms with Crippen molar-refractivity contribution in [3.8, 4) is 0 Å². The van der Waals surface area contributed by atoms with Crippen LogP contribution in [0.1, 0.15) is 18.7 Å². The van der Waals surface area contributed by atoms with E-state index in [2.05, 4.69) is 21.2 Å². The number of carbonyl (C=O) groups is 2. The number of hydrogen-bond acceptors (Lipinski definition) is 3. The monoisotopic (exact) mass is 362 g/mol. The SMILES string of the molecule is CCN(CC(C)C(=O)O)C(=O)NCCc1ccc(Br)s1. The third kappa shape index (κ3) is 5.50. The van der Waals surface area contributed by atoms with E-state index in [1.807, 2.05) is 19.1 Å². The van der Waals surface area contributed by atoms with Crippen molar-refractivity contribution in [1.82, 2.24) is 10.2 Å². The molecule has 0 saturated carbocycles. The summed E-state index contributed by atoms with van der Waals surface area (Å²) in [6.45, 7) is 4.70. The van der Waals surface area contributed by atoms with Crippen molar-refractivity contribution in [2.75, 3.05) is 19.6 Å². The van der Waals surface area contributed by atoms with E-state index in [9.17, 15) is 9.59 Å². The van der Waals surface area contributed by atoms with Gasteiger partial charge in [-0.1, -0.05) is 6.92 Å². The summed E-state index contributed by atoms with van der Waals surface area (Å²) in [5.74, 6) is -1.45. The summed E-state index contributed by atoms with van der Waals surface area (Å²) in [6, 6.07) is 3.79. The van der Waals surface area contributed by atoms with E-state index >= 15 is 0 Å². The topological polar surface area (TPSA) is 69.6 Å². The Morgan fingerprint density at radius 1 is 1.50 bits per heavy atom. The molecular weight excluding hydrogens is 344 g/mol. The Balaban J connectivity index is 2.37. The molecule has 1 aromatic rings. The fourth-order valence-electron chi connectivity index (χ4n) is 1.65. The second kappa shape index (κ2) is 8.26. The van der Waals surface area contributed by atoms with Gasteiger partial charge in [-0.15, -0.1) is 11.3 Å². The molecule has 1 heterocycles. The molecule has 1 aromatic heterocycles. The van der Waals surface area contributed by atoms with Gasteiger partial charge in [-0.2, -0.15) is 0 Å². The van der Waals surface area contributed by atoms with Gasteiger partial charge in [0.25, 0.3) is 0 Å². The number of nitrogens with one attached hydrogen (secondary N) is 1. The third-order valence-corrected chi connectivity index (χ3v) is 4.54. The molecule has 0 fully saturated rings. The second-order valence-corrected chi connectivity index (χ2v) is 7.01. The van der Waals surface area contributed by atoms with Crippen molar-refractivity contribution < 1.29 is 14.7 Å². The van der Waals surface area contributed by atoms with E-state index in [0.717, 1.165) is 10.2 Å². The van der Waals surface area contributed by atoms with Crippen molar-refractivity contribution in [2.45, 2.75) is 20.3 Å². The minimum absolute atomic E-state index is 0.212. The number of carboxylic acid groups (broad SMARTS) is 1. The van der Waals surface area contributed by atoms with Crippen molar-refractivity contribution in [3.05, 3.63) is 20.8 Å². The maximum Gasteiger partial charge on any atom is 0.317 e. The average molecular weight is 363 g/mol. The first-order chi connectivity index (χ1) is 9.43. The fourth-order valence-corrected chi connectivity index (χ4v) is 3.14. The number of urea groups is 1. The highest BCUT2D eigenvalue weighted by Crippen LogP contribution is 2.22. The van der Waals surface area contributed by atoms with Gasteiger partial charge >= 0.3 is 12.0 Å². The molecule has 7 heteroatoms. The van der Waals surface area contributed by atoms with Crippen LogP contribution in [-0.4, -0.2) is 41.6 Å². The molecule has 0 saturated heterocycles. The zero-order valence-electron chi connectivity index (χ0n) is 11.6. The molecule has 0 aliphatic carbocycles. The Morgan fingerprint density at radius 2 is 2.20 bits per heavy atom. The van der Waals surface area contributed by atoms with Gasteiger partial charge in [0.2, 0.25) is 0 Å². The van der Waals surface area contributed by atoms with Gasteiger partial charge < -0.3 is 15.3 Å². The van der Waals surface area contributed by atoms with E-state index in [1.54, 1.807) is 18.3 Å². The van der Waals surface area contributed by atoms with E-state index in [-0.39, 0.29) is 12.6 Å². The van der Waals surface area contributed by atoms with E-state index in [4.69, 9.17) is 5.11 Å². The van der Waals surface area contributed by atoms with Gasteiger partial charge in [-0.05, 0) is 41.4 Å². The summed E-state index contributed by atoms with van der Waals surface area (Å²) in [6.07, 6.45) is 0.772. The Labute approximate surface area is 131 Å². The van der Waals surface area contributed by atoms with Gasteiger partial charge in [0, 0.05) is 24.5 Å². The fraction of sp³-hybridized carbons (Fsp3) is 0.538. The van der Waals surface area contributed by atoms with Crippen LogP contribution in [0.25, 0.3) is 0 Å². The highest BCUT2D eigenvalue weighted by molar-refractivity contribution is 9.11. The predicted octanol–water partition coefficient (Wildman–Crippen LogP) is 2.81. The molecule has 5 nitrogen and oxygen atoms in total. The Hall–Kier alpha value is -1.08. The minimum Gasteiger partial charge on any atom is -0.481 e.